The summed E-state index contributed by atoms with van der Waals surface area (Å²) < 4.78 is 0. The SMILES string of the molecule is Cc1ccc(NC(=O)c2ccc(O)c(O)c2O)cc1. The van der Waals surface area contributed by atoms with Gasteiger partial charge in [0.25, 0.3) is 5.91 Å². The minimum absolute atomic E-state index is 0.115. The molecule has 2 aromatic carbocycles. The van der Waals surface area contributed by atoms with Crippen molar-refractivity contribution in [1.29, 1.82) is 0 Å². The quantitative estimate of drug-likeness (QED) is 0.623. The van der Waals surface area contributed by atoms with Gasteiger partial charge in [0.15, 0.2) is 11.5 Å². The summed E-state index contributed by atoms with van der Waals surface area (Å²) in [5.41, 5.74) is 1.52. The summed E-state index contributed by atoms with van der Waals surface area (Å²) in [5, 5.41) is 30.7. The maximum absolute atomic E-state index is 11.9. The molecule has 0 atom stereocenters. The second kappa shape index (κ2) is 4.89. The summed E-state index contributed by atoms with van der Waals surface area (Å²) in [7, 11) is 0. The highest BCUT2D eigenvalue weighted by Gasteiger charge is 2.17. The molecule has 2 aromatic rings. The fourth-order valence-electron chi connectivity index (χ4n) is 1.59. The monoisotopic (exact) mass is 259 g/mol. The minimum atomic E-state index is -0.712. The van der Waals surface area contributed by atoms with Gasteiger partial charge in [0.1, 0.15) is 0 Å². The standard InChI is InChI=1S/C14H13NO4/c1-8-2-4-9(5-3-8)15-14(19)10-6-7-11(16)13(18)12(10)17/h2-7,16-18H,1H3,(H,15,19). The molecule has 98 valence electrons. The van der Waals surface area contributed by atoms with Crippen molar-refractivity contribution in [2.45, 2.75) is 6.92 Å². The molecule has 0 saturated carbocycles. The van der Waals surface area contributed by atoms with Gasteiger partial charge in [0, 0.05) is 5.69 Å². The molecule has 0 unspecified atom stereocenters. The molecule has 0 aliphatic heterocycles. The van der Waals surface area contributed by atoms with Crippen LogP contribution in [0.2, 0.25) is 0 Å². The van der Waals surface area contributed by atoms with Crippen LogP contribution in [-0.2, 0) is 0 Å². The summed E-state index contributed by atoms with van der Waals surface area (Å²) in [6.45, 7) is 1.93. The first-order valence-corrected chi connectivity index (χ1v) is 5.61. The Morgan fingerprint density at radius 2 is 1.58 bits per heavy atom. The second-order valence-corrected chi connectivity index (χ2v) is 4.15. The fourth-order valence-corrected chi connectivity index (χ4v) is 1.59. The van der Waals surface area contributed by atoms with Crippen molar-refractivity contribution in [3.8, 4) is 17.2 Å². The smallest absolute Gasteiger partial charge is 0.259 e. The highest BCUT2D eigenvalue weighted by atomic mass is 16.3. The zero-order valence-electron chi connectivity index (χ0n) is 10.2. The average molecular weight is 259 g/mol. The number of hydrogen-bond donors (Lipinski definition) is 4. The van der Waals surface area contributed by atoms with E-state index < -0.39 is 23.2 Å². The Hall–Kier alpha value is -2.69. The third-order valence-corrected chi connectivity index (χ3v) is 2.68. The van der Waals surface area contributed by atoms with E-state index >= 15 is 0 Å². The Balaban J connectivity index is 2.25. The fraction of sp³-hybridized carbons (Fsp3) is 0.0714. The van der Waals surface area contributed by atoms with Gasteiger partial charge < -0.3 is 20.6 Å². The summed E-state index contributed by atoms with van der Waals surface area (Å²) in [5.74, 6) is -2.41. The number of aryl methyl sites for hydroxylation is 1. The first-order chi connectivity index (χ1) is 8.99. The number of aromatic hydroxyl groups is 3. The Morgan fingerprint density at radius 1 is 0.947 bits per heavy atom. The number of hydrogen-bond acceptors (Lipinski definition) is 4. The van der Waals surface area contributed by atoms with Gasteiger partial charge in [-0.2, -0.15) is 0 Å². The lowest BCUT2D eigenvalue weighted by molar-refractivity contribution is 0.102. The van der Waals surface area contributed by atoms with Crippen LogP contribution in [0.5, 0.6) is 17.2 Å². The number of carbonyl (C=O) groups excluding carboxylic acids is 1. The van der Waals surface area contributed by atoms with Gasteiger partial charge in [0.2, 0.25) is 5.75 Å². The normalized spacial score (nSPS) is 10.2. The third-order valence-electron chi connectivity index (χ3n) is 2.68. The van der Waals surface area contributed by atoms with Crippen LogP contribution >= 0.6 is 0 Å². The zero-order valence-corrected chi connectivity index (χ0v) is 10.2. The number of anilines is 1. The average Bonchev–Trinajstić information content (AvgIpc) is 2.39. The van der Waals surface area contributed by atoms with Crippen molar-refractivity contribution in [3.63, 3.8) is 0 Å². The molecule has 0 spiro atoms. The number of nitrogens with one attached hydrogen (secondary N) is 1. The molecule has 0 aromatic heterocycles. The number of carbonyl (C=O) groups is 1. The molecule has 1 amide bonds. The van der Waals surface area contributed by atoms with Crippen LogP contribution in [-0.4, -0.2) is 21.2 Å². The molecule has 5 heteroatoms. The highest BCUT2D eigenvalue weighted by Crippen LogP contribution is 2.37. The van der Waals surface area contributed by atoms with Gasteiger partial charge in [-0.1, -0.05) is 17.7 Å². The third kappa shape index (κ3) is 2.60. The number of benzene rings is 2. The minimum Gasteiger partial charge on any atom is -0.504 e. The van der Waals surface area contributed by atoms with Gasteiger partial charge in [-0.25, -0.2) is 0 Å². The second-order valence-electron chi connectivity index (χ2n) is 4.15. The predicted molar refractivity (Wildman–Crippen MR) is 70.6 cm³/mol. The van der Waals surface area contributed by atoms with Crippen molar-refractivity contribution in [1.82, 2.24) is 0 Å². The molecular weight excluding hydrogens is 246 g/mol. The lowest BCUT2D eigenvalue weighted by atomic mass is 10.1. The van der Waals surface area contributed by atoms with E-state index in [-0.39, 0.29) is 5.56 Å². The van der Waals surface area contributed by atoms with Crippen molar-refractivity contribution < 1.29 is 20.1 Å². The lowest BCUT2D eigenvalue weighted by Gasteiger charge is -2.08. The molecule has 2 rings (SSSR count). The van der Waals surface area contributed by atoms with Crippen LogP contribution in [0.4, 0.5) is 5.69 Å². The number of amides is 1. The number of phenolic OH excluding ortho intramolecular Hbond substituents is 3. The summed E-state index contributed by atoms with van der Waals surface area (Å²) in [4.78, 5) is 11.9. The van der Waals surface area contributed by atoms with Crippen LogP contribution in [0.1, 0.15) is 15.9 Å². The van der Waals surface area contributed by atoms with Crippen LogP contribution in [0, 0.1) is 6.92 Å². The molecule has 0 aliphatic carbocycles. The topological polar surface area (TPSA) is 89.8 Å². The largest absolute Gasteiger partial charge is 0.504 e. The molecule has 0 saturated heterocycles. The van der Waals surface area contributed by atoms with E-state index in [2.05, 4.69) is 5.32 Å². The molecule has 5 nitrogen and oxygen atoms in total. The van der Waals surface area contributed by atoms with E-state index in [1.54, 1.807) is 12.1 Å². The van der Waals surface area contributed by atoms with Crippen LogP contribution in [0.3, 0.4) is 0 Å². The molecule has 19 heavy (non-hydrogen) atoms. The van der Waals surface area contributed by atoms with Crippen molar-refractivity contribution in [2.24, 2.45) is 0 Å². The summed E-state index contributed by atoms with van der Waals surface area (Å²) >= 11 is 0. The molecule has 0 radical (unpaired) electrons. The first-order valence-electron chi connectivity index (χ1n) is 5.61. The Morgan fingerprint density at radius 3 is 2.21 bits per heavy atom. The Kier molecular flexibility index (Phi) is 3.29. The van der Waals surface area contributed by atoms with Crippen molar-refractivity contribution in [2.75, 3.05) is 5.32 Å². The molecule has 0 heterocycles. The van der Waals surface area contributed by atoms with Gasteiger partial charge in [-0.3, -0.25) is 4.79 Å². The zero-order chi connectivity index (χ0) is 14.0. The van der Waals surface area contributed by atoms with E-state index in [9.17, 15) is 20.1 Å². The van der Waals surface area contributed by atoms with Crippen LogP contribution < -0.4 is 5.32 Å². The van der Waals surface area contributed by atoms with Crippen LogP contribution in [0.15, 0.2) is 36.4 Å². The summed E-state index contributed by atoms with van der Waals surface area (Å²) in [6, 6.07) is 9.50. The Labute approximate surface area is 109 Å². The maximum atomic E-state index is 11.9. The van der Waals surface area contributed by atoms with Gasteiger partial charge in [-0.15, -0.1) is 0 Å². The van der Waals surface area contributed by atoms with E-state index in [0.29, 0.717) is 5.69 Å². The predicted octanol–water partition coefficient (Wildman–Crippen LogP) is 2.36. The van der Waals surface area contributed by atoms with Gasteiger partial charge in [0.05, 0.1) is 5.56 Å². The van der Waals surface area contributed by atoms with Gasteiger partial charge >= 0.3 is 0 Å². The number of phenols is 3. The van der Waals surface area contributed by atoms with Gasteiger partial charge in [-0.05, 0) is 31.2 Å². The van der Waals surface area contributed by atoms with E-state index in [0.717, 1.165) is 11.6 Å². The molecule has 0 fully saturated rings. The summed E-state index contributed by atoms with van der Waals surface area (Å²) in [6.07, 6.45) is 0. The molecular formula is C14H13NO4. The first kappa shape index (κ1) is 12.8. The molecule has 0 bridgehead atoms. The van der Waals surface area contributed by atoms with Crippen molar-refractivity contribution >= 4 is 11.6 Å². The van der Waals surface area contributed by atoms with E-state index in [4.69, 9.17) is 0 Å². The lowest BCUT2D eigenvalue weighted by Crippen LogP contribution is -2.12. The van der Waals surface area contributed by atoms with E-state index in [1.807, 2.05) is 19.1 Å². The molecule has 4 N–H and O–H groups in total. The van der Waals surface area contributed by atoms with E-state index in [1.165, 1.54) is 6.07 Å². The molecule has 0 aliphatic rings. The Bertz CT molecular complexity index is 620. The van der Waals surface area contributed by atoms with Crippen LogP contribution in [0.25, 0.3) is 0 Å². The van der Waals surface area contributed by atoms with Crippen molar-refractivity contribution in [3.05, 3.63) is 47.5 Å². The number of rotatable bonds is 2. The maximum Gasteiger partial charge on any atom is 0.259 e. The highest BCUT2D eigenvalue weighted by molar-refractivity contribution is 6.06.